The van der Waals surface area contributed by atoms with Crippen LogP contribution in [0, 0.1) is 11.8 Å². The van der Waals surface area contributed by atoms with Crippen LogP contribution in [-0.4, -0.2) is 66.9 Å². The topological polar surface area (TPSA) is 110 Å². The van der Waals surface area contributed by atoms with Gasteiger partial charge in [-0.05, 0) is 37.7 Å². The molecule has 2 aromatic heterocycles. The number of piperidine rings is 1. The first kappa shape index (κ1) is 23.8. The lowest BCUT2D eigenvalue weighted by Crippen LogP contribution is -2.45. The number of anilines is 2. The Morgan fingerprint density at radius 3 is 2.82 bits per heavy atom. The van der Waals surface area contributed by atoms with E-state index in [1.807, 2.05) is 0 Å². The number of methoxy groups -OCH3 is 1. The number of halogens is 1. The molecule has 2 aliphatic heterocycles. The summed E-state index contributed by atoms with van der Waals surface area (Å²) < 4.78 is 10.6. The van der Waals surface area contributed by atoms with Crippen LogP contribution < -0.4 is 16.0 Å². The first-order chi connectivity index (χ1) is 16.1. The minimum atomic E-state index is -0.114. The Hall–Kier alpha value is -2.33. The van der Waals surface area contributed by atoms with Gasteiger partial charge in [-0.25, -0.2) is 9.97 Å². The van der Waals surface area contributed by atoms with E-state index in [0.29, 0.717) is 53.0 Å². The van der Waals surface area contributed by atoms with Gasteiger partial charge in [0.1, 0.15) is 11.6 Å². The molecule has 0 saturated carbocycles. The molecule has 0 aliphatic carbocycles. The maximum absolute atomic E-state index is 12.8. The fraction of sp³-hybridized carbons (Fsp3) is 0.565. The second-order valence-corrected chi connectivity index (χ2v) is 9.01. The van der Waals surface area contributed by atoms with Crippen molar-refractivity contribution in [3.05, 3.63) is 29.7 Å². The fourth-order valence-corrected chi connectivity index (χ4v) is 4.39. The van der Waals surface area contributed by atoms with Gasteiger partial charge in [0.15, 0.2) is 0 Å². The predicted molar refractivity (Wildman–Crippen MR) is 127 cm³/mol. The number of hydrogen-bond donors (Lipinski definition) is 3. The molecular formula is C23H31ClN6O3. The molecule has 2 saturated heterocycles. The minimum Gasteiger partial charge on any atom is -0.383 e. The van der Waals surface area contributed by atoms with E-state index >= 15 is 0 Å². The summed E-state index contributed by atoms with van der Waals surface area (Å²) in [6.45, 7) is 3.72. The van der Waals surface area contributed by atoms with Crippen LogP contribution in [0.15, 0.2) is 24.7 Å². The number of carbonyl (C=O) groups excluding carboxylic acids is 1. The lowest BCUT2D eigenvalue weighted by molar-refractivity contribution is -0.120. The third-order valence-electron chi connectivity index (χ3n) is 6.18. The van der Waals surface area contributed by atoms with Crippen molar-refractivity contribution >= 4 is 29.1 Å². The summed E-state index contributed by atoms with van der Waals surface area (Å²) in [7, 11) is 1.69. The molecule has 0 bridgehead atoms. The van der Waals surface area contributed by atoms with Gasteiger partial charge < -0.3 is 25.4 Å². The highest BCUT2D eigenvalue weighted by atomic mass is 35.5. The lowest BCUT2D eigenvalue weighted by Gasteiger charge is -2.28. The van der Waals surface area contributed by atoms with Crippen LogP contribution in [0.25, 0.3) is 11.3 Å². The Kier molecular flexibility index (Phi) is 8.44. The van der Waals surface area contributed by atoms with Crippen LogP contribution in [0.1, 0.15) is 25.7 Å². The highest BCUT2D eigenvalue weighted by Gasteiger charge is 2.26. The van der Waals surface area contributed by atoms with Crippen molar-refractivity contribution < 1.29 is 14.3 Å². The highest BCUT2D eigenvalue weighted by Crippen LogP contribution is 2.29. The summed E-state index contributed by atoms with van der Waals surface area (Å²) in [6.07, 6.45) is 8.69. The molecule has 1 amide bonds. The Morgan fingerprint density at radius 1 is 1.21 bits per heavy atom. The quantitative estimate of drug-likeness (QED) is 0.535. The monoisotopic (exact) mass is 474 g/mol. The summed E-state index contributed by atoms with van der Waals surface area (Å²) in [5, 5.41) is 10.1. The van der Waals surface area contributed by atoms with Crippen molar-refractivity contribution in [3.63, 3.8) is 0 Å². The standard InChI is InChI=1S/C23H31ClN6O3/c1-32-14-17-3-2-16(10-26-17)23(31)30-21-8-18(19(24)11-28-21)20-12-25-13-22(29-20)27-9-15-4-6-33-7-5-15/h8,11-13,15-17,26H,2-7,9-10,14H2,1H3,(H,27,29)(H,28,30,31)/t16-,17+/m1/s1. The molecule has 4 heterocycles. The molecule has 0 aromatic carbocycles. The van der Waals surface area contributed by atoms with Crippen molar-refractivity contribution in [1.29, 1.82) is 0 Å². The molecule has 178 valence electrons. The van der Waals surface area contributed by atoms with Gasteiger partial charge in [-0.2, -0.15) is 0 Å². The summed E-state index contributed by atoms with van der Waals surface area (Å²) >= 11 is 6.41. The van der Waals surface area contributed by atoms with Crippen LogP contribution in [0.4, 0.5) is 11.6 Å². The molecule has 9 nitrogen and oxygen atoms in total. The Bertz CT molecular complexity index is 932. The van der Waals surface area contributed by atoms with Crippen molar-refractivity contribution in [1.82, 2.24) is 20.3 Å². The van der Waals surface area contributed by atoms with Crippen molar-refractivity contribution in [2.45, 2.75) is 31.7 Å². The van der Waals surface area contributed by atoms with Crippen LogP contribution in [0.5, 0.6) is 0 Å². The molecule has 33 heavy (non-hydrogen) atoms. The molecule has 2 atom stereocenters. The van der Waals surface area contributed by atoms with Gasteiger partial charge in [0.05, 0.1) is 35.6 Å². The number of nitrogens with one attached hydrogen (secondary N) is 3. The highest BCUT2D eigenvalue weighted by molar-refractivity contribution is 6.33. The van der Waals surface area contributed by atoms with Gasteiger partial charge >= 0.3 is 0 Å². The molecule has 4 rings (SSSR count). The van der Waals surface area contributed by atoms with Crippen molar-refractivity contribution in [2.24, 2.45) is 11.8 Å². The summed E-state index contributed by atoms with van der Waals surface area (Å²) in [4.78, 5) is 26.0. The van der Waals surface area contributed by atoms with E-state index in [9.17, 15) is 4.79 Å². The second-order valence-electron chi connectivity index (χ2n) is 8.60. The number of amides is 1. The maximum Gasteiger partial charge on any atom is 0.229 e. The zero-order valence-corrected chi connectivity index (χ0v) is 19.6. The molecule has 2 aromatic rings. The van der Waals surface area contributed by atoms with Gasteiger partial charge in [-0.15, -0.1) is 0 Å². The van der Waals surface area contributed by atoms with E-state index in [0.717, 1.165) is 45.4 Å². The predicted octanol–water partition coefficient (Wildman–Crippen LogP) is 2.98. The number of carbonyl (C=O) groups is 1. The van der Waals surface area contributed by atoms with Gasteiger partial charge in [0, 0.05) is 51.2 Å². The van der Waals surface area contributed by atoms with E-state index in [1.54, 1.807) is 25.6 Å². The van der Waals surface area contributed by atoms with E-state index in [4.69, 9.17) is 21.1 Å². The smallest absolute Gasteiger partial charge is 0.229 e. The molecule has 3 N–H and O–H groups in total. The van der Waals surface area contributed by atoms with Gasteiger partial charge in [0.2, 0.25) is 5.91 Å². The Balaban J connectivity index is 1.39. The number of hydrogen-bond acceptors (Lipinski definition) is 8. The molecule has 0 unspecified atom stereocenters. The van der Waals surface area contributed by atoms with E-state index in [2.05, 4.69) is 30.9 Å². The zero-order chi connectivity index (χ0) is 23.0. The summed E-state index contributed by atoms with van der Waals surface area (Å²) in [6, 6.07) is 2.04. The molecule has 2 fully saturated rings. The summed E-state index contributed by atoms with van der Waals surface area (Å²) in [5.74, 6) is 1.53. The first-order valence-corrected chi connectivity index (χ1v) is 11.8. The number of aromatic nitrogens is 3. The molecule has 0 spiro atoms. The van der Waals surface area contributed by atoms with Gasteiger partial charge in [-0.3, -0.25) is 9.78 Å². The number of rotatable bonds is 8. The lowest BCUT2D eigenvalue weighted by atomic mass is 9.94. The fourth-order valence-electron chi connectivity index (χ4n) is 4.19. The van der Waals surface area contributed by atoms with Gasteiger partial charge in [0.25, 0.3) is 0 Å². The van der Waals surface area contributed by atoms with E-state index < -0.39 is 0 Å². The Labute approximate surface area is 199 Å². The van der Waals surface area contributed by atoms with Crippen LogP contribution >= 0.6 is 11.6 Å². The van der Waals surface area contributed by atoms with Crippen LogP contribution in [-0.2, 0) is 14.3 Å². The van der Waals surface area contributed by atoms with Crippen molar-refractivity contribution in [2.75, 3.05) is 50.7 Å². The Morgan fingerprint density at radius 2 is 2.06 bits per heavy atom. The molecular weight excluding hydrogens is 444 g/mol. The third-order valence-corrected chi connectivity index (χ3v) is 6.49. The third kappa shape index (κ3) is 6.60. The average molecular weight is 475 g/mol. The van der Waals surface area contributed by atoms with Crippen LogP contribution in [0.2, 0.25) is 5.02 Å². The average Bonchev–Trinajstić information content (AvgIpc) is 2.85. The number of nitrogens with zero attached hydrogens (tertiary/aromatic N) is 3. The zero-order valence-electron chi connectivity index (χ0n) is 18.8. The van der Waals surface area contributed by atoms with E-state index in [-0.39, 0.29) is 11.8 Å². The van der Waals surface area contributed by atoms with E-state index in [1.165, 1.54) is 6.20 Å². The molecule has 10 heteroatoms. The number of pyridine rings is 1. The second kappa shape index (κ2) is 11.7. The minimum absolute atomic E-state index is 0.0582. The molecule has 0 radical (unpaired) electrons. The normalized spacial score (nSPS) is 21.5. The maximum atomic E-state index is 12.8. The SMILES string of the molecule is COC[C@@H]1CC[C@@H](C(=O)Nc2cc(-c3cncc(NCC4CCOCC4)n3)c(Cl)cn2)CN1. The largest absolute Gasteiger partial charge is 0.383 e. The summed E-state index contributed by atoms with van der Waals surface area (Å²) in [5.41, 5.74) is 1.29. The van der Waals surface area contributed by atoms with Crippen LogP contribution in [0.3, 0.4) is 0 Å². The van der Waals surface area contributed by atoms with Gasteiger partial charge in [-0.1, -0.05) is 11.6 Å². The molecule has 2 aliphatic rings. The number of ether oxygens (including phenoxy) is 2. The van der Waals surface area contributed by atoms with Crippen molar-refractivity contribution in [3.8, 4) is 11.3 Å². The first-order valence-electron chi connectivity index (χ1n) is 11.4.